The zero-order chi connectivity index (χ0) is 18.7. The summed E-state index contributed by atoms with van der Waals surface area (Å²) >= 11 is 0.822. The number of carboxylic acids is 1. The molecule has 2 aromatic rings. The first-order valence-corrected chi connectivity index (χ1v) is 8.13. The van der Waals surface area contributed by atoms with E-state index in [9.17, 15) is 19.5 Å². The standard InChI is InChI=1S/C17H13NO7S/c1-23-13-6-9(7-14-15(19)18-17(22)26-14)2-4-11(13)24-8-10-3-5-12(25-10)16(20)21/h2-7H,8H2,1H3,(H,20,21)(H,18,19,22)/p-1/b14-7+. The molecule has 0 spiro atoms. The molecule has 0 saturated carbocycles. The fraction of sp³-hybridized carbons (Fsp3) is 0.118. The molecule has 2 amide bonds. The largest absolute Gasteiger partial charge is 0.542 e. The summed E-state index contributed by atoms with van der Waals surface area (Å²) in [5, 5.41) is 12.5. The van der Waals surface area contributed by atoms with Crippen LogP contribution in [-0.2, 0) is 11.4 Å². The van der Waals surface area contributed by atoms with Gasteiger partial charge in [0.2, 0.25) is 0 Å². The Morgan fingerprint density at radius 1 is 1.27 bits per heavy atom. The number of furan rings is 1. The van der Waals surface area contributed by atoms with Gasteiger partial charge in [0.15, 0.2) is 11.5 Å². The second kappa shape index (κ2) is 7.36. The summed E-state index contributed by atoms with van der Waals surface area (Å²) in [5.41, 5.74) is 0.652. The molecular formula is C17H12NO7S-. The summed E-state index contributed by atoms with van der Waals surface area (Å²) in [6.07, 6.45) is 1.57. The number of hydrogen-bond acceptors (Lipinski definition) is 8. The number of rotatable bonds is 6. The number of nitrogens with one attached hydrogen (secondary N) is 1. The summed E-state index contributed by atoms with van der Waals surface area (Å²) < 4.78 is 15.9. The summed E-state index contributed by atoms with van der Waals surface area (Å²) in [7, 11) is 1.46. The van der Waals surface area contributed by atoms with Crippen LogP contribution in [-0.4, -0.2) is 24.2 Å². The van der Waals surface area contributed by atoms with Crippen molar-refractivity contribution in [1.82, 2.24) is 5.32 Å². The molecule has 26 heavy (non-hydrogen) atoms. The third kappa shape index (κ3) is 3.89. The highest BCUT2D eigenvalue weighted by Crippen LogP contribution is 2.32. The van der Waals surface area contributed by atoms with Crippen molar-refractivity contribution >= 4 is 35.0 Å². The van der Waals surface area contributed by atoms with Gasteiger partial charge in [0.05, 0.1) is 12.0 Å². The number of thioether (sulfide) groups is 1. The highest BCUT2D eigenvalue weighted by Gasteiger charge is 2.25. The molecule has 3 rings (SSSR count). The lowest BCUT2D eigenvalue weighted by atomic mass is 10.2. The summed E-state index contributed by atoms with van der Waals surface area (Å²) in [6, 6.07) is 7.73. The average molecular weight is 374 g/mol. The number of carbonyl (C=O) groups excluding carboxylic acids is 3. The molecule has 1 saturated heterocycles. The molecule has 1 aliphatic rings. The van der Waals surface area contributed by atoms with Gasteiger partial charge >= 0.3 is 0 Å². The van der Waals surface area contributed by atoms with E-state index in [0.29, 0.717) is 22.8 Å². The van der Waals surface area contributed by atoms with Crippen LogP contribution in [0.4, 0.5) is 4.79 Å². The van der Waals surface area contributed by atoms with Crippen LogP contribution in [0.2, 0.25) is 0 Å². The Balaban J connectivity index is 1.74. The number of imide groups is 1. The average Bonchev–Trinajstić information content (AvgIpc) is 3.20. The molecule has 1 fully saturated rings. The van der Waals surface area contributed by atoms with Gasteiger partial charge in [-0.25, -0.2) is 0 Å². The van der Waals surface area contributed by atoms with Gasteiger partial charge in [0, 0.05) is 0 Å². The van der Waals surface area contributed by atoms with Crippen LogP contribution in [0, 0.1) is 0 Å². The summed E-state index contributed by atoms with van der Waals surface area (Å²) in [4.78, 5) is 33.8. The molecule has 134 valence electrons. The minimum absolute atomic E-state index is 0.00314. The number of hydrogen-bond donors (Lipinski definition) is 1. The third-order valence-corrected chi connectivity index (χ3v) is 4.17. The SMILES string of the molecule is COc1cc(/C=C2/SC(=O)NC2=O)ccc1OCc1ccc(C(=O)[O-])o1. The maximum Gasteiger partial charge on any atom is 0.290 e. The molecule has 0 bridgehead atoms. The van der Waals surface area contributed by atoms with E-state index in [1.807, 2.05) is 0 Å². The Morgan fingerprint density at radius 2 is 2.08 bits per heavy atom. The van der Waals surface area contributed by atoms with Gasteiger partial charge in [0.1, 0.15) is 24.1 Å². The molecule has 1 N–H and O–H groups in total. The van der Waals surface area contributed by atoms with Gasteiger partial charge in [-0.2, -0.15) is 0 Å². The lowest BCUT2D eigenvalue weighted by Crippen LogP contribution is -2.21. The van der Waals surface area contributed by atoms with Crippen LogP contribution < -0.4 is 19.9 Å². The van der Waals surface area contributed by atoms with Crippen LogP contribution in [0.5, 0.6) is 11.5 Å². The molecule has 0 aliphatic carbocycles. The first kappa shape index (κ1) is 17.6. The number of benzene rings is 1. The predicted molar refractivity (Wildman–Crippen MR) is 89.5 cm³/mol. The van der Waals surface area contributed by atoms with Gasteiger partial charge in [-0.05, 0) is 47.7 Å². The molecule has 0 unspecified atom stereocenters. The van der Waals surface area contributed by atoms with Crippen molar-refractivity contribution in [2.75, 3.05) is 7.11 Å². The smallest absolute Gasteiger partial charge is 0.290 e. The first-order valence-electron chi connectivity index (χ1n) is 7.32. The zero-order valence-electron chi connectivity index (χ0n) is 13.4. The van der Waals surface area contributed by atoms with Crippen LogP contribution in [0.1, 0.15) is 21.9 Å². The fourth-order valence-electron chi connectivity index (χ4n) is 2.18. The minimum atomic E-state index is -1.40. The van der Waals surface area contributed by atoms with Crippen molar-refractivity contribution in [3.63, 3.8) is 0 Å². The molecule has 0 radical (unpaired) electrons. The number of carboxylic acid groups (broad SMARTS) is 1. The zero-order valence-corrected chi connectivity index (χ0v) is 14.3. The van der Waals surface area contributed by atoms with E-state index in [4.69, 9.17) is 13.9 Å². The highest BCUT2D eigenvalue weighted by atomic mass is 32.2. The number of ether oxygens (including phenoxy) is 2. The normalized spacial score (nSPS) is 15.2. The minimum Gasteiger partial charge on any atom is -0.542 e. The predicted octanol–water partition coefficient (Wildman–Crippen LogP) is 1.55. The van der Waals surface area contributed by atoms with E-state index in [1.165, 1.54) is 19.2 Å². The molecular weight excluding hydrogens is 362 g/mol. The molecule has 1 aliphatic heterocycles. The van der Waals surface area contributed by atoms with Crippen LogP contribution in [0.25, 0.3) is 6.08 Å². The van der Waals surface area contributed by atoms with Crippen LogP contribution in [0.3, 0.4) is 0 Å². The van der Waals surface area contributed by atoms with Crippen molar-refractivity contribution in [2.24, 2.45) is 0 Å². The fourth-order valence-corrected chi connectivity index (χ4v) is 2.86. The van der Waals surface area contributed by atoms with Crippen molar-refractivity contribution < 1.29 is 33.4 Å². The number of aromatic carboxylic acids is 1. The van der Waals surface area contributed by atoms with E-state index in [1.54, 1.807) is 24.3 Å². The number of amides is 2. The molecule has 1 aromatic heterocycles. The first-order chi connectivity index (χ1) is 12.5. The van der Waals surface area contributed by atoms with Crippen LogP contribution >= 0.6 is 11.8 Å². The van der Waals surface area contributed by atoms with Crippen molar-refractivity contribution in [2.45, 2.75) is 6.61 Å². The van der Waals surface area contributed by atoms with Crippen molar-refractivity contribution in [3.8, 4) is 11.5 Å². The quantitative estimate of drug-likeness (QED) is 0.757. The van der Waals surface area contributed by atoms with Gasteiger partial charge in [-0.15, -0.1) is 0 Å². The summed E-state index contributed by atoms with van der Waals surface area (Å²) in [6.45, 7) is -0.00314. The van der Waals surface area contributed by atoms with E-state index >= 15 is 0 Å². The van der Waals surface area contributed by atoms with Gasteiger partial charge in [-0.3, -0.25) is 14.9 Å². The number of carbonyl (C=O) groups is 3. The highest BCUT2D eigenvalue weighted by molar-refractivity contribution is 8.18. The molecule has 2 heterocycles. The maximum atomic E-state index is 11.6. The molecule has 8 nitrogen and oxygen atoms in total. The lowest BCUT2D eigenvalue weighted by Gasteiger charge is -2.10. The maximum absolute atomic E-state index is 11.6. The van der Waals surface area contributed by atoms with Crippen LogP contribution in [0.15, 0.2) is 39.7 Å². The molecule has 1 aromatic carbocycles. The number of methoxy groups -OCH3 is 1. The van der Waals surface area contributed by atoms with Gasteiger partial charge in [0.25, 0.3) is 11.1 Å². The Kier molecular flexibility index (Phi) is 4.99. The summed E-state index contributed by atoms with van der Waals surface area (Å²) in [5.74, 6) is -1.00. The van der Waals surface area contributed by atoms with E-state index < -0.39 is 17.1 Å². The van der Waals surface area contributed by atoms with Gasteiger partial charge < -0.3 is 23.8 Å². The monoisotopic (exact) mass is 374 g/mol. The Morgan fingerprint density at radius 3 is 2.69 bits per heavy atom. The molecule has 9 heteroatoms. The topological polar surface area (TPSA) is 118 Å². The van der Waals surface area contributed by atoms with Crippen molar-refractivity contribution in [3.05, 3.63) is 52.3 Å². The van der Waals surface area contributed by atoms with E-state index in [0.717, 1.165) is 11.8 Å². The lowest BCUT2D eigenvalue weighted by molar-refractivity contribution is -0.257. The second-order valence-electron chi connectivity index (χ2n) is 5.10. The second-order valence-corrected chi connectivity index (χ2v) is 6.12. The van der Waals surface area contributed by atoms with E-state index in [2.05, 4.69) is 5.32 Å². The third-order valence-electron chi connectivity index (χ3n) is 3.36. The Bertz CT molecular complexity index is 916. The Labute approximate surface area is 151 Å². The van der Waals surface area contributed by atoms with Crippen molar-refractivity contribution in [1.29, 1.82) is 0 Å². The van der Waals surface area contributed by atoms with E-state index in [-0.39, 0.29) is 17.3 Å². The Hall–Kier alpha value is -3.20. The molecule has 0 atom stereocenters. The van der Waals surface area contributed by atoms with Gasteiger partial charge in [-0.1, -0.05) is 6.07 Å².